The molecule has 0 spiro atoms. The number of hydrogen-bond acceptors (Lipinski definition) is 9. The van der Waals surface area contributed by atoms with Crippen LogP contribution >= 0.6 is 11.3 Å². The fourth-order valence-corrected chi connectivity index (χ4v) is 5.49. The van der Waals surface area contributed by atoms with Crippen LogP contribution in [0.3, 0.4) is 0 Å². The van der Waals surface area contributed by atoms with E-state index < -0.39 is 23.4 Å². The Morgan fingerprint density at radius 1 is 1.10 bits per heavy atom. The predicted octanol–water partition coefficient (Wildman–Crippen LogP) is 5.25. The van der Waals surface area contributed by atoms with Crippen molar-refractivity contribution in [2.24, 2.45) is 0 Å². The summed E-state index contributed by atoms with van der Waals surface area (Å²) < 4.78 is 39.1. The smallest absolute Gasteiger partial charge is 0.433 e. The minimum absolute atomic E-state index is 0.110. The molecule has 3 N–H and O–H groups in total. The standard InChI is InChI=1S/C26H23F3N6O3S/c1-15-11-16(13-17(12-15)33-24-31-8-4-20(34-24)26(27,28)29)19-14-32-23(39-19)25(38)5-9-35(10-6-25)21-18(22(36)37)3-2-7-30-21/h2-4,7-8,11-14,38H,5-6,9-10H2,1H3,(H,36,37)(H,31,33,34). The molecule has 0 amide bonds. The van der Waals surface area contributed by atoms with E-state index >= 15 is 0 Å². The first-order chi connectivity index (χ1) is 18.5. The molecule has 1 aliphatic rings. The average Bonchev–Trinajstić information content (AvgIpc) is 3.40. The van der Waals surface area contributed by atoms with Gasteiger partial charge in [0, 0.05) is 50.2 Å². The van der Waals surface area contributed by atoms with Gasteiger partial charge < -0.3 is 20.4 Å². The highest BCUT2D eigenvalue weighted by atomic mass is 32.1. The number of carboxylic acid groups (broad SMARTS) is 1. The molecule has 3 aromatic heterocycles. The van der Waals surface area contributed by atoms with E-state index in [0.717, 1.165) is 28.3 Å². The molecule has 1 fully saturated rings. The first-order valence-electron chi connectivity index (χ1n) is 11.9. The molecule has 1 aromatic carbocycles. The lowest BCUT2D eigenvalue weighted by molar-refractivity contribution is -0.141. The summed E-state index contributed by atoms with van der Waals surface area (Å²) in [4.78, 5) is 30.4. The van der Waals surface area contributed by atoms with E-state index in [1.807, 2.05) is 17.9 Å². The van der Waals surface area contributed by atoms with Gasteiger partial charge in [-0.05, 0) is 48.4 Å². The van der Waals surface area contributed by atoms with Crippen LogP contribution in [0.2, 0.25) is 0 Å². The van der Waals surface area contributed by atoms with Crippen molar-refractivity contribution in [1.82, 2.24) is 19.9 Å². The monoisotopic (exact) mass is 556 g/mol. The van der Waals surface area contributed by atoms with Gasteiger partial charge >= 0.3 is 12.1 Å². The summed E-state index contributed by atoms with van der Waals surface area (Å²) in [6, 6.07) is 9.32. The van der Waals surface area contributed by atoms with Crippen LogP contribution in [0, 0.1) is 6.92 Å². The van der Waals surface area contributed by atoms with Gasteiger partial charge in [0.05, 0.1) is 4.88 Å². The van der Waals surface area contributed by atoms with E-state index in [2.05, 4.69) is 25.3 Å². The number of nitrogens with zero attached hydrogens (tertiary/aromatic N) is 5. The third-order valence-corrected chi connectivity index (χ3v) is 7.61. The lowest BCUT2D eigenvalue weighted by Gasteiger charge is -2.37. The van der Waals surface area contributed by atoms with Crippen molar-refractivity contribution in [3.05, 3.63) is 76.8 Å². The van der Waals surface area contributed by atoms with Gasteiger partial charge in [-0.1, -0.05) is 6.07 Å². The molecule has 0 unspecified atom stereocenters. The van der Waals surface area contributed by atoms with E-state index in [0.29, 0.717) is 42.4 Å². The number of carboxylic acids is 1. The highest BCUT2D eigenvalue weighted by Gasteiger charge is 2.38. The van der Waals surface area contributed by atoms with Crippen LogP contribution in [-0.4, -0.2) is 49.2 Å². The van der Waals surface area contributed by atoms with E-state index in [9.17, 15) is 28.2 Å². The number of rotatable bonds is 6. The molecule has 9 nitrogen and oxygen atoms in total. The molecule has 39 heavy (non-hydrogen) atoms. The molecule has 1 aliphatic heterocycles. The number of thiazole rings is 1. The molecule has 4 heterocycles. The number of aryl methyl sites for hydroxylation is 1. The Balaban J connectivity index is 1.33. The number of aromatic carboxylic acids is 1. The SMILES string of the molecule is Cc1cc(Nc2nccc(C(F)(F)F)n2)cc(-c2cnc(C3(O)CCN(c4ncccc4C(=O)O)CC3)s2)c1. The third kappa shape index (κ3) is 5.68. The van der Waals surface area contributed by atoms with Gasteiger partial charge in [0.25, 0.3) is 0 Å². The van der Waals surface area contributed by atoms with Crippen LogP contribution in [0.25, 0.3) is 10.4 Å². The number of halogens is 3. The number of piperidine rings is 1. The van der Waals surface area contributed by atoms with Gasteiger partial charge in [-0.3, -0.25) is 0 Å². The summed E-state index contributed by atoms with van der Waals surface area (Å²) in [6.07, 6.45) is 0.340. The molecule has 202 valence electrons. The largest absolute Gasteiger partial charge is 0.478 e. The maximum atomic E-state index is 13.0. The van der Waals surface area contributed by atoms with Gasteiger partial charge in [-0.15, -0.1) is 11.3 Å². The normalized spacial score (nSPS) is 15.3. The average molecular weight is 557 g/mol. The summed E-state index contributed by atoms with van der Waals surface area (Å²) in [5.41, 5.74) is 0.0209. The van der Waals surface area contributed by atoms with Crippen LogP contribution in [0.15, 0.2) is 55.0 Å². The minimum Gasteiger partial charge on any atom is -0.478 e. The van der Waals surface area contributed by atoms with Crippen LogP contribution in [-0.2, 0) is 11.8 Å². The highest BCUT2D eigenvalue weighted by Crippen LogP contribution is 2.40. The predicted molar refractivity (Wildman–Crippen MR) is 139 cm³/mol. The van der Waals surface area contributed by atoms with Gasteiger partial charge in [0.2, 0.25) is 5.95 Å². The molecular formula is C26H23F3N6O3S. The molecule has 0 bridgehead atoms. The summed E-state index contributed by atoms with van der Waals surface area (Å²) in [6.45, 7) is 2.66. The topological polar surface area (TPSA) is 124 Å². The van der Waals surface area contributed by atoms with Gasteiger partial charge in [-0.25, -0.2) is 24.7 Å². The second-order valence-corrected chi connectivity index (χ2v) is 10.2. The fourth-order valence-electron chi connectivity index (χ4n) is 4.44. The van der Waals surface area contributed by atoms with E-state index in [4.69, 9.17) is 0 Å². The number of benzene rings is 1. The number of hydrogen-bond donors (Lipinski definition) is 3. The fraction of sp³-hybridized carbons (Fsp3) is 0.269. The zero-order valence-electron chi connectivity index (χ0n) is 20.6. The first kappa shape index (κ1) is 26.5. The van der Waals surface area contributed by atoms with Crippen molar-refractivity contribution in [2.45, 2.75) is 31.5 Å². The highest BCUT2D eigenvalue weighted by molar-refractivity contribution is 7.15. The Morgan fingerprint density at radius 3 is 2.59 bits per heavy atom. The van der Waals surface area contributed by atoms with Crippen molar-refractivity contribution in [3.8, 4) is 10.4 Å². The second-order valence-electron chi connectivity index (χ2n) is 9.20. The van der Waals surface area contributed by atoms with Crippen LogP contribution in [0.4, 0.5) is 30.6 Å². The maximum Gasteiger partial charge on any atom is 0.433 e. The Kier molecular flexibility index (Phi) is 6.95. The second kappa shape index (κ2) is 10.2. The van der Waals surface area contributed by atoms with Crippen molar-refractivity contribution >= 4 is 34.8 Å². The van der Waals surface area contributed by atoms with Gasteiger partial charge in [0.1, 0.15) is 27.7 Å². The first-order valence-corrected chi connectivity index (χ1v) is 12.7. The lowest BCUT2D eigenvalue weighted by atomic mass is 9.92. The quantitative estimate of drug-likeness (QED) is 0.292. The van der Waals surface area contributed by atoms with E-state index in [1.165, 1.54) is 17.4 Å². The number of aliphatic hydroxyl groups is 1. The number of pyridine rings is 1. The Labute approximate surface area is 225 Å². The summed E-state index contributed by atoms with van der Waals surface area (Å²) in [7, 11) is 0. The lowest BCUT2D eigenvalue weighted by Crippen LogP contribution is -2.43. The molecule has 5 rings (SSSR count). The number of nitrogens with one attached hydrogen (secondary N) is 1. The van der Waals surface area contributed by atoms with Crippen LogP contribution < -0.4 is 10.2 Å². The van der Waals surface area contributed by atoms with E-state index in [1.54, 1.807) is 30.6 Å². The number of aromatic nitrogens is 4. The van der Waals surface area contributed by atoms with Crippen LogP contribution in [0.5, 0.6) is 0 Å². The molecule has 4 aromatic rings. The third-order valence-electron chi connectivity index (χ3n) is 6.38. The van der Waals surface area contributed by atoms with Crippen molar-refractivity contribution in [1.29, 1.82) is 0 Å². The zero-order chi connectivity index (χ0) is 27.8. The number of alkyl halides is 3. The van der Waals surface area contributed by atoms with Gasteiger partial charge in [-0.2, -0.15) is 13.2 Å². The van der Waals surface area contributed by atoms with Crippen molar-refractivity contribution in [2.75, 3.05) is 23.3 Å². The number of carbonyl (C=O) groups is 1. The van der Waals surface area contributed by atoms with Crippen molar-refractivity contribution < 1.29 is 28.2 Å². The van der Waals surface area contributed by atoms with E-state index in [-0.39, 0.29) is 11.5 Å². The van der Waals surface area contributed by atoms with Gasteiger partial charge in [0.15, 0.2) is 0 Å². The van der Waals surface area contributed by atoms with Crippen LogP contribution in [0.1, 0.15) is 39.5 Å². The minimum atomic E-state index is -4.58. The molecular weight excluding hydrogens is 533 g/mol. The zero-order valence-corrected chi connectivity index (χ0v) is 21.4. The Hall–Kier alpha value is -4.10. The number of anilines is 3. The molecule has 0 saturated carbocycles. The van der Waals surface area contributed by atoms with Crippen molar-refractivity contribution in [3.63, 3.8) is 0 Å². The Morgan fingerprint density at radius 2 is 1.87 bits per heavy atom. The summed E-state index contributed by atoms with van der Waals surface area (Å²) in [5, 5.41) is 24.3. The summed E-state index contributed by atoms with van der Waals surface area (Å²) in [5.74, 6) is -0.863. The molecule has 13 heteroatoms. The Bertz CT molecular complexity index is 1520. The molecule has 0 atom stereocenters. The molecule has 1 saturated heterocycles. The summed E-state index contributed by atoms with van der Waals surface area (Å²) >= 11 is 1.33. The molecule has 0 aliphatic carbocycles. The molecule has 0 radical (unpaired) electrons. The maximum absolute atomic E-state index is 13.0.